The van der Waals surface area contributed by atoms with Gasteiger partial charge >= 0.3 is 5.97 Å². The van der Waals surface area contributed by atoms with Gasteiger partial charge in [-0.3, -0.25) is 24.7 Å². The minimum Gasteiger partial charge on any atom is -0.481 e. The Morgan fingerprint density at radius 3 is 2.89 bits per heavy atom. The Morgan fingerprint density at radius 2 is 2.19 bits per heavy atom. The molecule has 1 amide bonds. The van der Waals surface area contributed by atoms with Crippen molar-refractivity contribution in [2.45, 2.75) is 6.42 Å². The van der Waals surface area contributed by atoms with E-state index < -0.39 is 16.3 Å². The van der Waals surface area contributed by atoms with Crippen LogP contribution in [0.25, 0.3) is 10.9 Å². The summed E-state index contributed by atoms with van der Waals surface area (Å²) in [6.07, 6.45) is 1.83. The number of non-ortho nitro benzene ring substituents is 1. The number of fused-ring (bicyclic) bond motifs is 2. The van der Waals surface area contributed by atoms with E-state index in [9.17, 15) is 24.8 Å². The largest absolute Gasteiger partial charge is 0.481 e. The summed E-state index contributed by atoms with van der Waals surface area (Å²) in [6.45, 7) is 1.03. The first-order chi connectivity index (χ1) is 12.9. The summed E-state index contributed by atoms with van der Waals surface area (Å²) in [7, 11) is 0. The average molecular weight is 371 g/mol. The van der Waals surface area contributed by atoms with E-state index >= 15 is 0 Å². The Balaban J connectivity index is 1.73. The van der Waals surface area contributed by atoms with Crippen LogP contribution in [-0.2, 0) is 9.53 Å². The lowest BCUT2D eigenvalue weighted by Gasteiger charge is -2.33. The minimum atomic E-state index is -1.00. The molecule has 1 N–H and O–H groups in total. The summed E-state index contributed by atoms with van der Waals surface area (Å²) < 4.78 is 5.42. The van der Waals surface area contributed by atoms with Gasteiger partial charge in [0, 0.05) is 37.9 Å². The number of benzene rings is 1. The average Bonchev–Trinajstić information content (AvgIpc) is 3.07. The number of nitro groups is 1. The first kappa shape index (κ1) is 17.3. The summed E-state index contributed by atoms with van der Waals surface area (Å²) in [5.41, 5.74) is -0.651. The summed E-state index contributed by atoms with van der Waals surface area (Å²) in [6, 6.07) is 5.80. The van der Waals surface area contributed by atoms with Gasteiger partial charge in [-0.25, -0.2) is 0 Å². The molecule has 140 valence electrons. The Labute approximate surface area is 153 Å². The number of amides is 1. The molecule has 0 aliphatic carbocycles. The third-order valence-corrected chi connectivity index (χ3v) is 5.59. The van der Waals surface area contributed by atoms with Crippen molar-refractivity contribution in [3.8, 4) is 0 Å². The van der Waals surface area contributed by atoms with Gasteiger partial charge in [-0.05, 0) is 24.6 Å². The topological polar surface area (TPSA) is 123 Å². The predicted molar refractivity (Wildman–Crippen MR) is 93.3 cm³/mol. The van der Waals surface area contributed by atoms with Gasteiger partial charge in [0.15, 0.2) is 0 Å². The lowest BCUT2D eigenvalue weighted by Crippen LogP contribution is -2.45. The van der Waals surface area contributed by atoms with Crippen molar-refractivity contribution < 1.29 is 24.4 Å². The zero-order valence-corrected chi connectivity index (χ0v) is 14.3. The molecule has 2 aliphatic heterocycles. The smallest absolute Gasteiger partial charge is 0.311 e. The fraction of sp³-hybridized carbons (Fsp3) is 0.389. The van der Waals surface area contributed by atoms with Crippen LogP contribution in [0, 0.1) is 21.4 Å². The third-order valence-electron chi connectivity index (χ3n) is 5.59. The van der Waals surface area contributed by atoms with Crippen LogP contribution in [0.5, 0.6) is 0 Å². The molecule has 3 heterocycles. The molecule has 0 radical (unpaired) electrons. The van der Waals surface area contributed by atoms with Gasteiger partial charge in [-0.1, -0.05) is 0 Å². The van der Waals surface area contributed by atoms with Crippen LogP contribution in [0.2, 0.25) is 0 Å². The van der Waals surface area contributed by atoms with Gasteiger partial charge in [0.25, 0.3) is 11.6 Å². The van der Waals surface area contributed by atoms with Gasteiger partial charge in [-0.2, -0.15) is 0 Å². The number of carbonyl (C=O) groups is 2. The van der Waals surface area contributed by atoms with Crippen molar-refractivity contribution in [2.24, 2.45) is 11.3 Å². The molecule has 27 heavy (non-hydrogen) atoms. The number of pyridine rings is 1. The van der Waals surface area contributed by atoms with E-state index in [0.717, 1.165) is 0 Å². The van der Waals surface area contributed by atoms with E-state index in [1.807, 2.05) is 0 Å². The van der Waals surface area contributed by atoms with E-state index in [1.165, 1.54) is 23.2 Å². The quantitative estimate of drug-likeness (QED) is 0.643. The van der Waals surface area contributed by atoms with Gasteiger partial charge in [0.2, 0.25) is 0 Å². The minimum absolute atomic E-state index is 0.0977. The first-order valence-electron chi connectivity index (χ1n) is 8.56. The number of likely N-dealkylation sites (tertiary alicyclic amines) is 1. The zero-order valence-electron chi connectivity index (χ0n) is 14.3. The standard InChI is InChI=1S/C18H17N3O6/c22-16(20-8-11-9-27-7-5-18(11,10-20)17(23)24)13-3-4-14(21(25)26)12-2-1-6-19-15(12)13/h1-4,6,11H,5,7-10H2,(H,23,24)/t11-,18+/m0/s1. The highest BCUT2D eigenvalue weighted by molar-refractivity contribution is 6.08. The molecule has 0 bridgehead atoms. The number of hydrogen-bond donors (Lipinski definition) is 1. The van der Waals surface area contributed by atoms with Crippen LogP contribution in [0.1, 0.15) is 16.8 Å². The van der Waals surface area contributed by atoms with E-state index in [2.05, 4.69) is 4.98 Å². The number of carboxylic acids is 1. The predicted octanol–water partition coefficient (Wildman–Crippen LogP) is 1.71. The fourth-order valence-electron chi connectivity index (χ4n) is 4.11. The Hall–Kier alpha value is -3.07. The molecule has 9 nitrogen and oxygen atoms in total. The number of carbonyl (C=O) groups excluding carboxylic acids is 1. The highest BCUT2D eigenvalue weighted by Gasteiger charge is 2.55. The second-order valence-corrected chi connectivity index (χ2v) is 6.96. The number of rotatable bonds is 3. The lowest BCUT2D eigenvalue weighted by molar-refractivity contribution is -0.383. The molecule has 1 aromatic carbocycles. The molecule has 2 aromatic rings. The Morgan fingerprint density at radius 1 is 1.37 bits per heavy atom. The van der Waals surface area contributed by atoms with E-state index in [1.54, 1.807) is 12.1 Å². The van der Waals surface area contributed by atoms with Gasteiger partial charge in [0.1, 0.15) is 0 Å². The van der Waals surface area contributed by atoms with Gasteiger partial charge in [-0.15, -0.1) is 0 Å². The molecule has 1 aromatic heterocycles. The number of nitrogens with zero attached hydrogens (tertiary/aromatic N) is 3. The number of aromatic nitrogens is 1. The molecule has 0 unspecified atom stereocenters. The number of aliphatic carboxylic acids is 1. The summed E-state index contributed by atoms with van der Waals surface area (Å²) in [5, 5.41) is 21.3. The highest BCUT2D eigenvalue weighted by atomic mass is 16.6. The van der Waals surface area contributed by atoms with Crippen molar-refractivity contribution in [1.82, 2.24) is 9.88 Å². The molecule has 2 aliphatic rings. The normalized spacial score (nSPS) is 24.6. The summed E-state index contributed by atoms with van der Waals surface area (Å²) >= 11 is 0. The van der Waals surface area contributed by atoms with Crippen molar-refractivity contribution in [1.29, 1.82) is 0 Å². The molecule has 2 saturated heterocycles. The molecule has 0 saturated carbocycles. The number of carboxylic acid groups (broad SMARTS) is 1. The molecule has 4 rings (SSSR count). The monoisotopic (exact) mass is 371 g/mol. The second-order valence-electron chi connectivity index (χ2n) is 6.96. The van der Waals surface area contributed by atoms with Crippen molar-refractivity contribution >= 4 is 28.5 Å². The maximum atomic E-state index is 13.1. The van der Waals surface area contributed by atoms with E-state index in [4.69, 9.17) is 4.74 Å². The van der Waals surface area contributed by atoms with Crippen molar-refractivity contribution in [3.05, 3.63) is 46.1 Å². The Bertz CT molecular complexity index is 961. The molecule has 0 spiro atoms. The third kappa shape index (κ3) is 2.62. The van der Waals surface area contributed by atoms with E-state index in [0.29, 0.717) is 19.6 Å². The van der Waals surface area contributed by atoms with Gasteiger partial charge in [0.05, 0.1) is 33.4 Å². The van der Waals surface area contributed by atoms with Crippen LogP contribution in [0.15, 0.2) is 30.5 Å². The van der Waals surface area contributed by atoms with Crippen LogP contribution < -0.4 is 0 Å². The SMILES string of the molecule is O=C(c1ccc([N+](=O)[O-])c2cccnc12)N1C[C@H]2COCC[C@@]2(C(=O)O)C1. The van der Waals surface area contributed by atoms with Crippen LogP contribution in [-0.4, -0.2) is 58.1 Å². The summed E-state index contributed by atoms with van der Waals surface area (Å²) in [5.74, 6) is -1.56. The lowest BCUT2D eigenvalue weighted by atomic mass is 9.74. The maximum Gasteiger partial charge on any atom is 0.311 e. The zero-order chi connectivity index (χ0) is 19.2. The highest BCUT2D eigenvalue weighted by Crippen LogP contribution is 2.43. The van der Waals surface area contributed by atoms with Crippen LogP contribution in [0.3, 0.4) is 0 Å². The first-order valence-corrected chi connectivity index (χ1v) is 8.56. The molecule has 2 fully saturated rings. The van der Waals surface area contributed by atoms with Crippen LogP contribution >= 0.6 is 0 Å². The number of ether oxygens (including phenoxy) is 1. The molecular weight excluding hydrogens is 354 g/mol. The number of nitro benzene ring substituents is 1. The van der Waals surface area contributed by atoms with Gasteiger partial charge < -0.3 is 14.7 Å². The van der Waals surface area contributed by atoms with Crippen molar-refractivity contribution in [3.63, 3.8) is 0 Å². The molecular formula is C18H17N3O6. The fourth-order valence-corrected chi connectivity index (χ4v) is 4.11. The van der Waals surface area contributed by atoms with E-state index in [-0.39, 0.29) is 47.1 Å². The Kier molecular flexibility index (Phi) is 4.03. The second kappa shape index (κ2) is 6.27. The molecule has 2 atom stereocenters. The molecule has 9 heteroatoms. The van der Waals surface area contributed by atoms with Crippen LogP contribution in [0.4, 0.5) is 5.69 Å². The maximum absolute atomic E-state index is 13.1. The van der Waals surface area contributed by atoms with Crippen molar-refractivity contribution in [2.75, 3.05) is 26.3 Å². The number of hydrogen-bond acceptors (Lipinski definition) is 6. The summed E-state index contributed by atoms with van der Waals surface area (Å²) in [4.78, 5) is 41.4.